The highest BCUT2D eigenvalue weighted by atomic mass is 35.5. The van der Waals surface area contributed by atoms with Crippen LogP contribution in [0.5, 0.6) is 0 Å². The Kier molecular flexibility index (Phi) is 5.76. The minimum Gasteiger partial charge on any atom is -0.370 e. The number of amides is 1. The van der Waals surface area contributed by atoms with Crippen LogP contribution in [0.1, 0.15) is 25.7 Å². The molecule has 0 unspecified atom stereocenters. The first-order chi connectivity index (χ1) is 12.1. The fourth-order valence-corrected chi connectivity index (χ4v) is 3.37. The standard InChI is InChI=1S/C19H22ClN3O2/c20-16-14-15(7-8-17(16)22-10-3-1-4-11-22)21-18(24)9-13-23-12-5-2-6-19(23)25/h2,5-8,12,14H,1,3-4,9-11,13H2,(H,21,24). The first-order valence-electron chi connectivity index (χ1n) is 8.63. The van der Waals surface area contributed by atoms with Crippen molar-refractivity contribution >= 4 is 28.9 Å². The predicted octanol–water partition coefficient (Wildman–Crippen LogP) is 3.52. The van der Waals surface area contributed by atoms with Gasteiger partial charge in [-0.25, -0.2) is 0 Å². The third-order valence-corrected chi connectivity index (χ3v) is 4.71. The number of carbonyl (C=O) groups is 1. The van der Waals surface area contributed by atoms with Gasteiger partial charge in [-0.15, -0.1) is 0 Å². The maximum Gasteiger partial charge on any atom is 0.250 e. The van der Waals surface area contributed by atoms with Gasteiger partial charge in [0.15, 0.2) is 0 Å². The number of pyridine rings is 1. The van der Waals surface area contributed by atoms with E-state index < -0.39 is 0 Å². The molecule has 1 fully saturated rings. The topological polar surface area (TPSA) is 54.3 Å². The van der Waals surface area contributed by atoms with Gasteiger partial charge < -0.3 is 14.8 Å². The summed E-state index contributed by atoms with van der Waals surface area (Å²) >= 11 is 6.40. The number of hydrogen-bond donors (Lipinski definition) is 1. The lowest BCUT2D eigenvalue weighted by Crippen LogP contribution is -2.29. The van der Waals surface area contributed by atoms with Crippen LogP contribution in [0.2, 0.25) is 5.02 Å². The number of rotatable bonds is 5. The fourth-order valence-electron chi connectivity index (χ4n) is 3.07. The van der Waals surface area contributed by atoms with Crippen LogP contribution in [0, 0.1) is 0 Å². The highest BCUT2D eigenvalue weighted by molar-refractivity contribution is 6.33. The summed E-state index contributed by atoms with van der Waals surface area (Å²) in [4.78, 5) is 26.0. The predicted molar refractivity (Wildman–Crippen MR) is 101 cm³/mol. The Morgan fingerprint density at radius 3 is 2.64 bits per heavy atom. The summed E-state index contributed by atoms with van der Waals surface area (Å²) in [5, 5.41) is 3.50. The van der Waals surface area contributed by atoms with E-state index >= 15 is 0 Å². The van der Waals surface area contributed by atoms with Gasteiger partial charge in [0, 0.05) is 44.0 Å². The number of nitrogens with zero attached hydrogens (tertiary/aromatic N) is 2. The lowest BCUT2D eigenvalue weighted by molar-refractivity contribution is -0.116. The molecule has 0 atom stereocenters. The van der Waals surface area contributed by atoms with Gasteiger partial charge in [-0.1, -0.05) is 17.7 Å². The molecule has 1 aromatic heterocycles. The van der Waals surface area contributed by atoms with Crippen LogP contribution in [0.3, 0.4) is 0 Å². The van der Waals surface area contributed by atoms with E-state index in [1.54, 1.807) is 24.4 Å². The lowest BCUT2D eigenvalue weighted by atomic mass is 10.1. The third kappa shape index (κ3) is 4.63. The first-order valence-corrected chi connectivity index (χ1v) is 9.01. The second-order valence-corrected chi connectivity index (χ2v) is 6.65. The van der Waals surface area contributed by atoms with E-state index in [9.17, 15) is 9.59 Å². The summed E-state index contributed by atoms with van der Waals surface area (Å²) in [6.07, 6.45) is 5.56. The second-order valence-electron chi connectivity index (χ2n) is 6.24. The number of piperidine rings is 1. The number of hydrogen-bond acceptors (Lipinski definition) is 3. The Morgan fingerprint density at radius 1 is 1.12 bits per heavy atom. The van der Waals surface area contributed by atoms with Crippen LogP contribution in [0.25, 0.3) is 0 Å². The van der Waals surface area contributed by atoms with Crippen molar-refractivity contribution in [3.05, 3.63) is 58.0 Å². The van der Waals surface area contributed by atoms with Crippen molar-refractivity contribution in [2.75, 3.05) is 23.3 Å². The van der Waals surface area contributed by atoms with E-state index in [4.69, 9.17) is 11.6 Å². The molecule has 1 N–H and O–H groups in total. The molecule has 2 aromatic rings. The summed E-state index contributed by atoms with van der Waals surface area (Å²) < 4.78 is 1.52. The molecule has 0 aliphatic carbocycles. The van der Waals surface area contributed by atoms with Crippen LogP contribution in [-0.2, 0) is 11.3 Å². The molecular weight excluding hydrogens is 338 g/mol. The maximum atomic E-state index is 12.1. The van der Waals surface area contributed by atoms with E-state index in [2.05, 4.69) is 10.2 Å². The minimum absolute atomic E-state index is 0.107. The highest BCUT2D eigenvalue weighted by Crippen LogP contribution is 2.30. The molecule has 1 amide bonds. The largest absolute Gasteiger partial charge is 0.370 e. The van der Waals surface area contributed by atoms with Crippen molar-refractivity contribution < 1.29 is 4.79 Å². The zero-order chi connectivity index (χ0) is 17.6. The minimum atomic E-state index is -0.141. The van der Waals surface area contributed by atoms with Crippen molar-refractivity contribution in [2.45, 2.75) is 32.2 Å². The Bertz CT molecular complexity index is 797. The quantitative estimate of drug-likeness (QED) is 0.888. The van der Waals surface area contributed by atoms with Gasteiger partial charge in [0.05, 0.1) is 10.7 Å². The van der Waals surface area contributed by atoms with Gasteiger partial charge in [0.25, 0.3) is 5.56 Å². The van der Waals surface area contributed by atoms with Crippen molar-refractivity contribution in [1.82, 2.24) is 4.57 Å². The number of aromatic nitrogens is 1. The summed E-state index contributed by atoms with van der Waals surface area (Å²) in [7, 11) is 0. The van der Waals surface area contributed by atoms with Crippen LogP contribution >= 0.6 is 11.6 Å². The fraction of sp³-hybridized carbons (Fsp3) is 0.368. The summed E-state index contributed by atoms with van der Waals surface area (Å²) in [6.45, 7) is 2.40. The molecule has 0 bridgehead atoms. The molecule has 1 saturated heterocycles. The molecule has 1 aromatic carbocycles. The average molecular weight is 360 g/mol. The average Bonchev–Trinajstić information content (AvgIpc) is 2.62. The molecule has 1 aliphatic rings. The maximum absolute atomic E-state index is 12.1. The molecular formula is C19H22ClN3O2. The lowest BCUT2D eigenvalue weighted by Gasteiger charge is -2.29. The van der Waals surface area contributed by atoms with Gasteiger partial charge in [-0.05, 0) is 43.5 Å². The highest BCUT2D eigenvalue weighted by Gasteiger charge is 2.14. The first kappa shape index (κ1) is 17.5. The molecule has 1 aliphatic heterocycles. The van der Waals surface area contributed by atoms with Crippen molar-refractivity contribution in [1.29, 1.82) is 0 Å². The molecule has 0 spiro atoms. The second kappa shape index (κ2) is 8.21. The van der Waals surface area contributed by atoms with Gasteiger partial charge in [0.1, 0.15) is 0 Å². The zero-order valence-corrected chi connectivity index (χ0v) is 14.8. The van der Waals surface area contributed by atoms with E-state index in [0.717, 1.165) is 18.8 Å². The molecule has 25 heavy (non-hydrogen) atoms. The van der Waals surface area contributed by atoms with Crippen molar-refractivity contribution in [3.63, 3.8) is 0 Å². The molecule has 0 saturated carbocycles. The van der Waals surface area contributed by atoms with Crippen LogP contribution in [0.15, 0.2) is 47.4 Å². The Morgan fingerprint density at radius 2 is 1.92 bits per heavy atom. The van der Waals surface area contributed by atoms with Crippen LogP contribution in [0.4, 0.5) is 11.4 Å². The van der Waals surface area contributed by atoms with Gasteiger partial charge in [-0.3, -0.25) is 9.59 Å². The Balaban J connectivity index is 1.59. The van der Waals surface area contributed by atoms with E-state index in [1.165, 1.54) is 29.9 Å². The van der Waals surface area contributed by atoms with Gasteiger partial charge >= 0.3 is 0 Å². The third-order valence-electron chi connectivity index (χ3n) is 4.41. The molecule has 5 nitrogen and oxygen atoms in total. The van der Waals surface area contributed by atoms with Crippen LogP contribution < -0.4 is 15.8 Å². The molecule has 3 rings (SSSR count). The molecule has 6 heteroatoms. The Labute approximate surface area is 152 Å². The number of anilines is 2. The molecule has 0 radical (unpaired) electrons. The van der Waals surface area contributed by atoms with Crippen LogP contribution in [-0.4, -0.2) is 23.6 Å². The number of benzene rings is 1. The SMILES string of the molecule is O=C(CCn1ccccc1=O)Nc1ccc(N2CCCCC2)c(Cl)c1. The number of carbonyl (C=O) groups excluding carboxylic acids is 1. The molecule has 2 heterocycles. The van der Waals surface area contributed by atoms with E-state index in [-0.39, 0.29) is 17.9 Å². The van der Waals surface area contributed by atoms with Crippen molar-refractivity contribution in [2.24, 2.45) is 0 Å². The van der Waals surface area contributed by atoms with Gasteiger partial charge in [-0.2, -0.15) is 0 Å². The number of halogens is 1. The summed E-state index contributed by atoms with van der Waals surface area (Å²) in [5.41, 5.74) is 1.59. The monoisotopic (exact) mass is 359 g/mol. The summed E-state index contributed by atoms with van der Waals surface area (Å²) in [5.74, 6) is -0.141. The Hall–Kier alpha value is -2.27. The number of aryl methyl sites for hydroxylation is 1. The summed E-state index contributed by atoms with van der Waals surface area (Å²) in [6, 6.07) is 10.6. The normalized spacial score (nSPS) is 14.4. The molecule has 132 valence electrons. The smallest absolute Gasteiger partial charge is 0.250 e. The van der Waals surface area contributed by atoms with E-state index in [0.29, 0.717) is 17.3 Å². The zero-order valence-electron chi connectivity index (χ0n) is 14.1. The van der Waals surface area contributed by atoms with E-state index in [1.807, 2.05) is 12.1 Å². The van der Waals surface area contributed by atoms with Gasteiger partial charge in [0.2, 0.25) is 5.91 Å². The van der Waals surface area contributed by atoms with Crippen molar-refractivity contribution in [3.8, 4) is 0 Å². The number of nitrogens with one attached hydrogen (secondary N) is 1.